The number of ether oxygens (including phenoxy) is 3. The molecule has 0 aromatic carbocycles. The predicted octanol–water partition coefficient (Wildman–Crippen LogP) is 2.73. The van der Waals surface area contributed by atoms with Gasteiger partial charge in [-0.15, -0.1) is 0 Å². The molecule has 6 rings (SSSR count). The molecule has 2 saturated heterocycles. The van der Waals surface area contributed by atoms with E-state index in [2.05, 4.69) is 6.92 Å². The molecule has 3 saturated carbocycles. The summed E-state index contributed by atoms with van der Waals surface area (Å²) in [7, 11) is 1.45. The van der Waals surface area contributed by atoms with Crippen molar-refractivity contribution in [1.82, 2.24) is 0 Å². The molecular formula is C23H28O6. The van der Waals surface area contributed by atoms with Crippen LogP contribution in [0.5, 0.6) is 0 Å². The SMILES string of the molecule is COC(=O)C1CC2=CC(=O)CCC2(C)C23OC2CC2C(CC[C@@]24CCC(=O)O4)C13. The van der Waals surface area contributed by atoms with Crippen LogP contribution in [-0.4, -0.2) is 42.1 Å². The van der Waals surface area contributed by atoms with Gasteiger partial charge < -0.3 is 14.2 Å². The molecule has 0 aromatic rings. The molecule has 0 amide bonds. The fraction of sp³-hybridized carbons (Fsp3) is 0.783. The number of carbonyl (C=O) groups is 3. The molecule has 5 fully saturated rings. The van der Waals surface area contributed by atoms with Crippen molar-refractivity contribution < 1.29 is 28.6 Å². The van der Waals surface area contributed by atoms with Crippen LogP contribution < -0.4 is 0 Å². The van der Waals surface area contributed by atoms with Crippen LogP contribution in [0.15, 0.2) is 11.6 Å². The van der Waals surface area contributed by atoms with Crippen LogP contribution in [0.4, 0.5) is 0 Å². The smallest absolute Gasteiger partial charge is 0.309 e. The molecule has 4 aliphatic carbocycles. The number of epoxide rings is 1. The summed E-state index contributed by atoms with van der Waals surface area (Å²) in [4.78, 5) is 37.1. The summed E-state index contributed by atoms with van der Waals surface area (Å²) in [6.45, 7) is 2.24. The van der Waals surface area contributed by atoms with Crippen molar-refractivity contribution >= 4 is 17.7 Å². The molecule has 2 spiro atoms. The molecule has 0 bridgehead atoms. The first-order valence-electron chi connectivity index (χ1n) is 11.1. The third kappa shape index (κ3) is 2.04. The first kappa shape index (κ1) is 18.1. The summed E-state index contributed by atoms with van der Waals surface area (Å²) in [6, 6.07) is 0. The molecule has 0 radical (unpaired) electrons. The van der Waals surface area contributed by atoms with Crippen LogP contribution in [0.3, 0.4) is 0 Å². The lowest BCUT2D eigenvalue weighted by atomic mass is 9.46. The normalized spacial score (nSPS) is 52.1. The molecule has 0 aromatic heterocycles. The Balaban J connectivity index is 1.45. The van der Waals surface area contributed by atoms with Gasteiger partial charge in [-0.2, -0.15) is 0 Å². The minimum absolute atomic E-state index is 0.0627. The van der Waals surface area contributed by atoms with Crippen molar-refractivity contribution in [2.45, 2.75) is 75.6 Å². The second-order valence-corrected chi connectivity index (χ2v) is 10.3. The van der Waals surface area contributed by atoms with Gasteiger partial charge in [-0.1, -0.05) is 12.5 Å². The minimum Gasteiger partial charge on any atom is -0.469 e. The molecular weight excluding hydrogens is 372 g/mol. The summed E-state index contributed by atoms with van der Waals surface area (Å²) in [5.74, 6) is 0.179. The monoisotopic (exact) mass is 400 g/mol. The Hall–Kier alpha value is -1.69. The number of carbonyl (C=O) groups excluding carboxylic acids is 3. The Morgan fingerprint density at radius 1 is 1.21 bits per heavy atom. The zero-order chi connectivity index (χ0) is 20.2. The Kier molecular flexibility index (Phi) is 3.44. The Labute approximate surface area is 170 Å². The summed E-state index contributed by atoms with van der Waals surface area (Å²) in [6.07, 6.45) is 7.78. The number of hydrogen-bond acceptors (Lipinski definition) is 6. The van der Waals surface area contributed by atoms with Gasteiger partial charge in [0, 0.05) is 30.1 Å². The van der Waals surface area contributed by atoms with E-state index in [0.717, 1.165) is 37.7 Å². The summed E-state index contributed by atoms with van der Waals surface area (Å²) in [5.41, 5.74) is 0.126. The van der Waals surface area contributed by atoms with Gasteiger partial charge in [-0.25, -0.2) is 0 Å². The number of methoxy groups -OCH3 is 1. The van der Waals surface area contributed by atoms with E-state index in [0.29, 0.717) is 25.2 Å². The number of fused-ring (bicyclic) bond motifs is 4. The molecule has 6 aliphatic rings. The van der Waals surface area contributed by atoms with E-state index in [4.69, 9.17) is 14.2 Å². The first-order valence-corrected chi connectivity index (χ1v) is 11.1. The van der Waals surface area contributed by atoms with Gasteiger partial charge in [0.1, 0.15) is 11.2 Å². The van der Waals surface area contributed by atoms with E-state index in [-0.39, 0.29) is 58.2 Å². The van der Waals surface area contributed by atoms with Crippen molar-refractivity contribution in [3.05, 3.63) is 11.6 Å². The van der Waals surface area contributed by atoms with Gasteiger partial charge in [0.2, 0.25) is 0 Å². The van der Waals surface area contributed by atoms with E-state index in [1.807, 2.05) is 0 Å². The molecule has 0 N–H and O–H groups in total. The second-order valence-electron chi connectivity index (χ2n) is 10.3. The van der Waals surface area contributed by atoms with Crippen molar-refractivity contribution in [2.75, 3.05) is 7.11 Å². The molecule has 7 unspecified atom stereocenters. The first-order chi connectivity index (χ1) is 13.8. The maximum atomic E-state index is 12.9. The van der Waals surface area contributed by atoms with E-state index in [1.54, 1.807) is 6.08 Å². The van der Waals surface area contributed by atoms with Gasteiger partial charge in [-0.05, 0) is 50.5 Å². The third-order valence-corrected chi connectivity index (χ3v) is 9.50. The maximum Gasteiger partial charge on any atom is 0.309 e. The average molecular weight is 400 g/mol. The Morgan fingerprint density at radius 2 is 2.03 bits per heavy atom. The Bertz CT molecular complexity index is 861. The molecule has 6 nitrogen and oxygen atoms in total. The highest BCUT2D eigenvalue weighted by atomic mass is 16.6. The molecule has 6 heteroatoms. The zero-order valence-electron chi connectivity index (χ0n) is 17.1. The highest BCUT2D eigenvalue weighted by Crippen LogP contribution is 2.75. The number of esters is 2. The van der Waals surface area contributed by atoms with Gasteiger partial charge in [0.25, 0.3) is 0 Å². The lowest BCUT2D eigenvalue weighted by molar-refractivity contribution is -0.160. The van der Waals surface area contributed by atoms with Crippen molar-refractivity contribution in [3.63, 3.8) is 0 Å². The molecule has 8 atom stereocenters. The lowest BCUT2D eigenvalue weighted by Crippen LogP contribution is -2.60. The van der Waals surface area contributed by atoms with E-state index in [9.17, 15) is 14.4 Å². The lowest BCUT2D eigenvalue weighted by Gasteiger charge is -2.55. The average Bonchev–Trinajstić information content (AvgIpc) is 3.19. The quantitative estimate of drug-likeness (QED) is 0.497. The van der Waals surface area contributed by atoms with Crippen molar-refractivity contribution in [3.8, 4) is 0 Å². The van der Waals surface area contributed by atoms with Crippen LogP contribution in [0.2, 0.25) is 0 Å². The third-order valence-electron chi connectivity index (χ3n) is 9.50. The second kappa shape index (κ2) is 5.51. The maximum absolute atomic E-state index is 12.9. The minimum atomic E-state index is -0.383. The van der Waals surface area contributed by atoms with E-state index in [1.165, 1.54) is 7.11 Å². The fourth-order valence-corrected chi connectivity index (χ4v) is 8.24. The van der Waals surface area contributed by atoms with E-state index < -0.39 is 0 Å². The van der Waals surface area contributed by atoms with E-state index >= 15 is 0 Å². The molecule has 156 valence electrons. The van der Waals surface area contributed by atoms with Gasteiger partial charge in [0.15, 0.2) is 5.78 Å². The number of ketones is 1. The highest BCUT2D eigenvalue weighted by Gasteiger charge is 2.81. The number of hydrogen-bond donors (Lipinski definition) is 0. The highest BCUT2D eigenvalue weighted by molar-refractivity contribution is 5.92. The fourth-order valence-electron chi connectivity index (χ4n) is 8.24. The summed E-state index contributed by atoms with van der Waals surface area (Å²) >= 11 is 0. The predicted molar refractivity (Wildman–Crippen MR) is 101 cm³/mol. The van der Waals surface area contributed by atoms with Crippen LogP contribution >= 0.6 is 0 Å². The van der Waals surface area contributed by atoms with Gasteiger partial charge >= 0.3 is 11.9 Å². The molecule has 2 aliphatic heterocycles. The van der Waals surface area contributed by atoms with Crippen LogP contribution in [0, 0.1) is 29.1 Å². The van der Waals surface area contributed by atoms with Gasteiger partial charge in [-0.3, -0.25) is 14.4 Å². The standard InChI is InChI=1S/C23H28O6/c1-21-6-3-13(24)9-12(21)10-15(20(26)27-2)19-14-4-7-22(8-5-18(25)29-22)16(14)11-17-23(19,21)28-17/h9,14-17,19H,3-8,10-11H2,1-2H3/t14?,15?,16?,17?,19?,21?,22-,23?/m1/s1. The Morgan fingerprint density at radius 3 is 2.76 bits per heavy atom. The van der Waals surface area contributed by atoms with Crippen LogP contribution in [0.25, 0.3) is 0 Å². The molecule has 2 heterocycles. The van der Waals surface area contributed by atoms with Crippen molar-refractivity contribution in [2.24, 2.45) is 29.1 Å². The summed E-state index contributed by atoms with van der Waals surface area (Å²) in [5, 5.41) is 0. The molecule has 29 heavy (non-hydrogen) atoms. The van der Waals surface area contributed by atoms with Crippen LogP contribution in [0.1, 0.15) is 58.3 Å². The van der Waals surface area contributed by atoms with Crippen LogP contribution in [-0.2, 0) is 28.6 Å². The summed E-state index contributed by atoms with van der Waals surface area (Å²) < 4.78 is 17.7. The van der Waals surface area contributed by atoms with Crippen molar-refractivity contribution in [1.29, 1.82) is 0 Å². The van der Waals surface area contributed by atoms with Gasteiger partial charge in [0.05, 0.1) is 19.1 Å². The number of rotatable bonds is 1. The zero-order valence-corrected chi connectivity index (χ0v) is 17.1. The largest absolute Gasteiger partial charge is 0.469 e. The topological polar surface area (TPSA) is 82.2 Å².